The van der Waals surface area contributed by atoms with Gasteiger partial charge in [-0.3, -0.25) is 0 Å². The summed E-state index contributed by atoms with van der Waals surface area (Å²) in [5.41, 5.74) is 11.6. The number of rotatable bonds is 4. The van der Waals surface area contributed by atoms with Crippen LogP contribution in [0.1, 0.15) is 0 Å². The Morgan fingerprint density at radius 1 is 0.264 bits per heavy atom. The van der Waals surface area contributed by atoms with Gasteiger partial charge in [0, 0.05) is 21.7 Å². The molecule has 246 valence electrons. The van der Waals surface area contributed by atoms with Gasteiger partial charge < -0.3 is 4.42 Å². The lowest BCUT2D eigenvalue weighted by Gasteiger charge is -2.20. The van der Waals surface area contributed by atoms with Crippen molar-refractivity contribution in [2.24, 2.45) is 0 Å². The average molecular weight is 673 g/mol. The summed E-state index contributed by atoms with van der Waals surface area (Å²) < 4.78 is 6.84. The smallest absolute Gasteiger partial charge is 0.143 e. The third-order valence-corrected chi connectivity index (χ3v) is 11.0. The van der Waals surface area contributed by atoms with Crippen molar-refractivity contribution in [3.05, 3.63) is 194 Å². The second kappa shape index (κ2) is 11.8. The van der Waals surface area contributed by atoms with E-state index in [1.54, 1.807) is 0 Å². The van der Waals surface area contributed by atoms with Crippen LogP contribution in [-0.4, -0.2) is 0 Å². The Morgan fingerprint density at radius 3 is 1.43 bits per heavy atom. The summed E-state index contributed by atoms with van der Waals surface area (Å²) in [5.74, 6) is 0. The first kappa shape index (κ1) is 29.7. The predicted molar refractivity (Wildman–Crippen MR) is 225 cm³/mol. The van der Waals surface area contributed by atoms with Crippen molar-refractivity contribution >= 4 is 65.0 Å². The zero-order chi connectivity index (χ0) is 34.9. The van der Waals surface area contributed by atoms with Crippen LogP contribution in [0.3, 0.4) is 0 Å². The minimum atomic E-state index is 0.910. The highest BCUT2D eigenvalue weighted by molar-refractivity contribution is 6.31. The first-order chi connectivity index (χ1) is 26.3. The van der Waals surface area contributed by atoms with Crippen molar-refractivity contribution < 1.29 is 4.42 Å². The number of hydrogen-bond acceptors (Lipinski definition) is 1. The zero-order valence-corrected chi connectivity index (χ0v) is 28.9. The molecule has 1 aromatic heterocycles. The monoisotopic (exact) mass is 672 g/mol. The lowest BCUT2D eigenvalue weighted by Crippen LogP contribution is -1.93. The molecular formula is C52H32O. The van der Waals surface area contributed by atoms with Crippen molar-refractivity contribution in [3.8, 4) is 44.5 Å². The maximum absolute atomic E-state index is 6.84. The topological polar surface area (TPSA) is 13.1 Å². The second-order valence-corrected chi connectivity index (χ2v) is 14.0. The molecule has 11 rings (SSSR count). The molecule has 0 N–H and O–H groups in total. The zero-order valence-electron chi connectivity index (χ0n) is 28.9. The largest absolute Gasteiger partial charge is 0.455 e. The van der Waals surface area contributed by atoms with Gasteiger partial charge in [-0.05, 0) is 101 Å². The van der Waals surface area contributed by atoms with E-state index in [0.717, 1.165) is 27.3 Å². The molecule has 0 spiro atoms. The Bertz CT molecular complexity index is 3160. The second-order valence-electron chi connectivity index (χ2n) is 14.0. The lowest BCUT2D eigenvalue weighted by molar-refractivity contribution is 0.673. The maximum atomic E-state index is 6.84. The number of furan rings is 1. The van der Waals surface area contributed by atoms with Gasteiger partial charge in [0.1, 0.15) is 11.2 Å². The van der Waals surface area contributed by atoms with Crippen molar-refractivity contribution in [2.45, 2.75) is 0 Å². The Balaban J connectivity index is 1.21. The minimum absolute atomic E-state index is 0.910. The van der Waals surface area contributed by atoms with Crippen LogP contribution in [0, 0.1) is 0 Å². The van der Waals surface area contributed by atoms with Crippen LogP contribution in [0.2, 0.25) is 0 Å². The molecule has 1 heteroatoms. The van der Waals surface area contributed by atoms with Gasteiger partial charge in [0.15, 0.2) is 0 Å². The van der Waals surface area contributed by atoms with E-state index in [2.05, 4.69) is 194 Å². The maximum Gasteiger partial charge on any atom is 0.143 e. The molecule has 11 aromatic rings. The van der Waals surface area contributed by atoms with Gasteiger partial charge >= 0.3 is 0 Å². The highest BCUT2D eigenvalue weighted by Crippen LogP contribution is 2.50. The van der Waals surface area contributed by atoms with Crippen LogP contribution in [0.5, 0.6) is 0 Å². The van der Waals surface area contributed by atoms with Crippen LogP contribution < -0.4 is 0 Å². The standard InChI is InChI=1S/C52H32O/c1-2-14-33(15-3-1)35-18-12-19-36(30-35)37-20-13-21-39(31-37)48-42-24-8-10-26-44(42)49(45-27-11-9-25-43(45)48)51-40-22-6-5-17-38(40)32-47-50(51)46-29-28-34-16-4-7-23-41(34)52(46)53-47/h1-32H. The predicted octanol–water partition coefficient (Wildman–Crippen LogP) is 14.9. The third kappa shape index (κ3) is 4.64. The van der Waals surface area contributed by atoms with Crippen LogP contribution in [0.15, 0.2) is 199 Å². The molecule has 0 aliphatic rings. The molecule has 0 saturated carbocycles. The third-order valence-electron chi connectivity index (χ3n) is 11.0. The van der Waals surface area contributed by atoms with E-state index >= 15 is 0 Å². The Morgan fingerprint density at radius 2 is 0.755 bits per heavy atom. The average Bonchev–Trinajstić information content (AvgIpc) is 3.61. The molecule has 0 unspecified atom stereocenters. The van der Waals surface area contributed by atoms with Crippen molar-refractivity contribution in [3.63, 3.8) is 0 Å². The molecule has 1 heterocycles. The van der Waals surface area contributed by atoms with E-state index in [9.17, 15) is 0 Å². The fourth-order valence-electron chi connectivity index (χ4n) is 8.66. The van der Waals surface area contributed by atoms with E-state index < -0.39 is 0 Å². The summed E-state index contributed by atoms with van der Waals surface area (Å²) in [5, 5.41) is 11.9. The van der Waals surface area contributed by atoms with Crippen molar-refractivity contribution in [1.82, 2.24) is 0 Å². The molecule has 53 heavy (non-hydrogen) atoms. The molecule has 0 radical (unpaired) electrons. The van der Waals surface area contributed by atoms with E-state index in [1.165, 1.54) is 82.2 Å². The number of fused-ring (bicyclic) bond motifs is 8. The first-order valence-electron chi connectivity index (χ1n) is 18.3. The van der Waals surface area contributed by atoms with E-state index in [4.69, 9.17) is 4.42 Å². The van der Waals surface area contributed by atoms with Crippen LogP contribution in [-0.2, 0) is 0 Å². The normalized spacial score (nSPS) is 11.8. The number of hydrogen-bond donors (Lipinski definition) is 0. The summed E-state index contributed by atoms with van der Waals surface area (Å²) in [6.07, 6.45) is 0. The highest BCUT2D eigenvalue weighted by atomic mass is 16.3. The molecule has 10 aromatic carbocycles. The van der Waals surface area contributed by atoms with Crippen molar-refractivity contribution in [2.75, 3.05) is 0 Å². The van der Waals surface area contributed by atoms with Gasteiger partial charge in [0.05, 0.1) is 0 Å². The summed E-state index contributed by atoms with van der Waals surface area (Å²) in [6.45, 7) is 0. The fourth-order valence-corrected chi connectivity index (χ4v) is 8.66. The molecule has 0 amide bonds. The Labute approximate surface area is 307 Å². The molecule has 0 atom stereocenters. The van der Waals surface area contributed by atoms with Gasteiger partial charge in [-0.25, -0.2) is 0 Å². The fraction of sp³-hybridized carbons (Fsp3) is 0. The molecule has 0 aliphatic heterocycles. The first-order valence-corrected chi connectivity index (χ1v) is 18.3. The van der Waals surface area contributed by atoms with Crippen LogP contribution >= 0.6 is 0 Å². The Kier molecular flexibility index (Phi) is 6.62. The molecule has 1 nitrogen and oxygen atoms in total. The van der Waals surface area contributed by atoms with Gasteiger partial charge in [-0.15, -0.1) is 0 Å². The highest BCUT2D eigenvalue weighted by Gasteiger charge is 2.23. The van der Waals surface area contributed by atoms with Crippen LogP contribution in [0.25, 0.3) is 110 Å². The summed E-state index contributed by atoms with van der Waals surface area (Å²) in [7, 11) is 0. The number of benzene rings is 10. The van der Waals surface area contributed by atoms with Crippen molar-refractivity contribution in [1.29, 1.82) is 0 Å². The molecule has 0 fully saturated rings. The molecule has 0 bridgehead atoms. The summed E-state index contributed by atoms with van der Waals surface area (Å²) in [4.78, 5) is 0. The Hall–Kier alpha value is -6.96. The summed E-state index contributed by atoms with van der Waals surface area (Å²) >= 11 is 0. The quantitative estimate of drug-likeness (QED) is 0.170. The van der Waals surface area contributed by atoms with E-state index in [-0.39, 0.29) is 0 Å². The molecule has 0 aliphatic carbocycles. The van der Waals surface area contributed by atoms with Gasteiger partial charge in [-0.2, -0.15) is 0 Å². The molecular weight excluding hydrogens is 641 g/mol. The lowest BCUT2D eigenvalue weighted by atomic mass is 9.83. The van der Waals surface area contributed by atoms with Gasteiger partial charge in [-0.1, -0.05) is 170 Å². The van der Waals surface area contributed by atoms with Gasteiger partial charge in [0.2, 0.25) is 0 Å². The minimum Gasteiger partial charge on any atom is -0.455 e. The summed E-state index contributed by atoms with van der Waals surface area (Å²) in [6, 6.07) is 70.5. The molecule has 0 saturated heterocycles. The SMILES string of the molecule is c1ccc(-c2cccc(-c3cccc(-c4c5ccccc5c(-c5c6ccccc6cc6oc7c8ccccc8ccc7c56)c5ccccc45)c3)c2)cc1. The van der Waals surface area contributed by atoms with Gasteiger partial charge in [0.25, 0.3) is 0 Å². The van der Waals surface area contributed by atoms with E-state index in [0.29, 0.717) is 0 Å². The van der Waals surface area contributed by atoms with E-state index in [1.807, 2.05) is 0 Å². The van der Waals surface area contributed by atoms with Crippen LogP contribution in [0.4, 0.5) is 0 Å².